The van der Waals surface area contributed by atoms with Gasteiger partial charge in [0.05, 0.1) is 18.8 Å². The molecule has 26 heavy (non-hydrogen) atoms. The van der Waals surface area contributed by atoms with E-state index in [-0.39, 0.29) is 6.10 Å². The molecule has 2 rings (SSSR count). The Bertz CT molecular complexity index is 697. The molecule has 0 spiro atoms. The second kappa shape index (κ2) is 10.2. The first-order valence-electron chi connectivity index (χ1n) is 8.92. The largest absolute Gasteiger partial charge is 0.375 e. The first-order chi connectivity index (χ1) is 12.6. The minimum Gasteiger partial charge on any atom is -0.375 e. The van der Waals surface area contributed by atoms with E-state index in [1.54, 1.807) is 24.8 Å². The molecule has 0 radical (unpaired) electrons. The fourth-order valence-corrected chi connectivity index (χ4v) is 3.32. The average Bonchev–Trinajstić information content (AvgIpc) is 3.29. The van der Waals surface area contributed by atoms with Crippen LogP contribution in [0.15, 0.2) is 16.7 Å². The molecule has 2 aromatic rings. The number of methoxy groups -OCH3 is 1. The Morgan fingerprint density at radius 1 is 1.46 bits per heavy atom. The third-order valence-corrected chi connectivity index (χ3v) is 5.04. The maximum atomic E-state index is 5.33. The smallest absolute Gasteiger partial charge is 0.194 e. The van der Waals surface area contributed by atoms with E-state index in [9.17, 15) is 0 Å². The third-order valence-electron chi connectivity index (χ3n) is 3.98. The summed E-state index contributed by atoms with van der Waals surface area (Å²) < 4.78 is 7.38. The molecule has 2 aromatic heterocycles. The van der Waals surface area contributed by atoms with Gasteiger partial charge < -0.3 is 19.5 Å². The number of nitrogens with one attached hydrogen (secondary N) is 1. The molecular formula is C17H29N7OS. The maximum Gasteiger partial charge on any atom is 0.194 e. The normalized spacial score (nSPS) is 13.0. The number of rotatable bonds is 9. The van der Waals surface area contributed by atoms with Crippen LogP contribution in [0.2, 0.25) is 0 Å². The van der Waals surface area contributed by atoms with Crippen molar-refractivity contribution in [3.63, 3.8) is 0 Å². The molecule has 0 aliphatic carbocycles. The van der Waals surface area contributed by atoms with E-state index in [2.05, 4.69) is 44.6 Å². The Kier molecular flexibility index (Phi) is 7.99. The van der Waals surface area contributed by atoms with Crippen LogP contribution in [0.25, 0.3) is 0 Å². The zero-order valence-electron chi connectivity index (χ0n) is 16.3. The van der Waals surface area contributed by atoms with Crippen LogP contribution in [-0.2, 0) is 24.2 Å². The topological polar surface area (TPSA) is 80.5 Å². The van der Waals surface area contributed by atoms with Crippen LogP contribution < -0.4 is 5.32 Å². The van der Waals surface area contributed by atoms with Gasteiger partial charge in [-0.3, -0.25) is 4.99 Å². The highest BCUT2D eigenvalue weighted by molar-refractivity contribution is 7.09. The Balaban J connectivity index is 1.97. The quantitative estimate of drug-likeness (QED) is 0.531. The maximum absolute atomic E-state index is 5.33. The molecule has 0 aliphatic heterocycles. The molecule has 0 saturated heterocycles. The summed E-state index contributed by atoms with van der Waals surface area (Å²) in [5.74, 6) is 1.86. The second-order valence-electron chi connectivity index (χ2n) is 5.94. The summed E-state index contributed by atoms with van der Waals surface area (Å²) in [6.07, 6.45) is 2.66. The van der Waals surface area contributed by atoms with Gasteiger partial charge in [-0.05, 0) is 13.8 Å². The average molecular weight is 380 g/mol. The molecule has 9 heteroatoms. The lowest BCUT2D eigenvalue weighted by Gasteiger charge is -2.21. The standard InChI is InChI=1S/C17H29N7OS/c1-6-15-22-20-12-24(15)9-8-19-17(18-7-2)23(4)10-14-11-26-16(21-14)13(3)25-5/h11-13H,6-10H2,1-5H3,(H,18,19). The number of aryl methyl sites for hydroxylation is 1. The van der Waals surface area contributed by atoms with E-state index in [0.29, 0.717) is 13.1 Å². The number of nitrogens with zero attached hydrogens (tertiary/aromatic N) is 6. The first-order valence-corrected chi connectivity index (χ1v) is 9.80. The van der Waals surface area contributed by atoms with Gasteiger partial charge in [-0.15, -0.1) is 21.5 Å². The van der Waals surface area contributed by atoms with Gasteiger partial charge in [0, 0.05) is 39.0 Å². The van der Waals surface area contributed by atoms with Crippen LogP contribution >= 0.6 is 11.3 Å². The highest BCUT2D eigenvalue weighted by Gasteiger charge is 2.12. The predicted molar refractivity (Wildman–Crippen MR) is 104 cm³/mol. The summed E-state index contributed by atoms with van der Waals surface area (Å²) in [5, 5.41) is 14.5. The van der Waals surface area contributed by atoms with Crippen molar-refractivity contribution in [2.45, 2.75) is 46.4 Å². The first kappa shape index (κ1) is 20.3. The number of thiazole rings is 1. The number of ether oxygens (including phenoxy) is 1. The summed E-state index contributed by atoms with van der Waals surface area (Å²) in [4.78, 5) is 11.5. The summed E-state index contributed by atoms with van der Waals surface area (Å²) >= 11 is 1.63. The fraction of sp³-hybridized carbons (Fsp3) is 0.647. The lowest BCUT2D eigenvalue weighted by Crippen LogP contribution is -2.38. The van der Waals surface area contributed by atoms with Crippen LogP contribution in [0, 0.1) is 0 Å². The molecule has 0 aromatic carbocycles. The molecule has 0 amide bonds. The van der Waals surface area contributed by atoms with Crippen LogP contribution in [0.4, 0.5) is 0 Å². The summed E-state index contributed by atoms with van der Waals surface area (Å²) in [6.45, 7) is 9.11. The van der Waals surface area contributed by atoms with E-state index in [0.717, 1.165) is 42.0 Å². The molecule has 0 aliphatic rings. The minimum absolute atomic E-state index is 0.0255. The van der Waals surface area contributed by atoms with Crippen molar-refractivity contribution < 1.29 is 4.74 Å². The molecule has 144 valence electrons. The Morgan fingerprint density at radius 2 is 2.27 bits per heavy atom. The molecule has 1 unspecified atom stereocenters. The Morgan fingerprint density at radius 3 is 2.96 bits per heavy atom. The van der Waals surface area contributed by atoms with Crippen LogP contribution in [0.3, 0.4) is 0 Å². The zero-order valence-corrected chi connectivity index (χ0v) is 17.1. The molecule has 8 nitrogen and oxygen atoms in total. The van der Waals surface area contributed by atoms with Crippen molar-refractivity contribution in [2.75, 3.05) is 27.2 Å². The predicted octanol–water partition coefficient (Wildman–Crippen LogP) is 2.10. The van der Waals surface area contributed by atoms with E-state index in [1.807, 2.05) is 18.5 Å². The van der Waals surface area contributed by atoms with Gasteiger partial charge >= 0.3 is 0 Å². The summed E-state index contributed by atoms with van der Waals surface area (Å²) in [6, 6.07) is 0. The number of aliphatic imine (C=N–C) groups is 1. The van der Waals surface area contributed by atoms with Crippen molar-refractivity contribution >= 4 is 17.3 Å². The van der Waals surface area contributed by atoms with Crippen molar-refractivity contribution in [1.82, 2.24) is 30.0 Å². The van der Waals surface area contributed by atoms with E-state index < -0.39 is 0 Å². The van der Waals surface area contributed by atoms with Gasteiger partial charge in [0.2, 0.25) is 0 Å². The van der Waals surface area contributed by atoms with Crippen molar-refractivity contribution in [3.05, 3.63) is 28.2 Å². The van der Waals surface area contributed by atoms with E-state index in [4.69, 9.17) is 9.73 Å². The molecule has 0 bridgehead atoms. The number of hydrogen-bond acceptors (Lipinski definition) is 6. The zero-order chi connectivity index (χ0) is 18.9. The second-order valence-corrected chi connectivity index (χ2v) is 6.83. The lowest BCUT2D eigenvalue weighted by molar-refractivity contribution is 0.119. The Hall–Kier alpha value is -2.00. The van der Waals surface area contributed by atoms with Crippen LogP contribution in [-0.4, -0.2) is 57.9 Å². The molecule has 0 fully saturated rings. The highest BCUT2D eigenvalue weighted by Crippen LogP contribution is 2.20. The number of hydrogen-bond donors (Lipinski definition) is 1. The van der Waals surface area contributed by atoms with Gasteiger partial charge in [0.1, 0.15) is 23.3 Å². The van der Waals surface area contributed by atoms with Crippen molar-refractivity contribution in [3.8, 4) is 0 Å². The van der Waals surface area contributed by atoms with Crippen molar-refractivity contribution in [2.24, 2.45) is 4.99 Å². The van der Waals surface area contributed by atoms with Crippen LogP contribution in [0.5, 0.6) is 0 Å². The van der Waals surface area contributed by atoms with Crippen LogP contribution in [0.1, 0.15) is 43.4 Å². The van der Waals surface area contributed by atoms with Gasteiger partial charge in [0.15, 0.2) is 5.96 Å². The number of aromatic nitrogens is 4. The fourth-order valence-electron chi connectivity index (χ4n) is 2.47. The summed E-state index contributed by atoms with van der Waals surface area (Å²) in [5.41, 5.74) is 1.02. The highest BCUT2D eigenvalue weighted by atomic mass is 32.1. The number of guanidine groups is 1. The monoisotopic (exact) mass is 379 g/mol. The van der Waals surface area contributed by atoms with E-state index in [1.165, 1.54) is 0 Å². The molecular weight excluding hydrogens is 350 g/mol. The molecule has 0 saturated carbocycles. The van der Waals surface area contributed by atoms with Gasteiger partial charge in [-0.2, -0.15) is 0 Å². The SMILES string of the molecule is CCNC(=NCCn1cnnc1CC)N(C)Cc1csc(C(C)OC)n1. The lowest BCUT2D eigenvalue weighted by atomic mass is 10.4. The Labute approximate surface area is 159 Å². The summed E-state index contributed by atoms with van der Waals surface area (Å²) in [7, 11) is 3.73. The molecule has 1 atom stereocenters. The van der Waals surface area contributed by atoms with Gasteiger partial charge in [-0.25, -0.2) is 4.98 Å². The molecule has 1 N–H and O–H groups in total. The van der Waals surface area contributed by atoms with Crippen molar-refractivity contribution in [1.29, 1.82) is 0 Å². The van der Waals surface area contributed by atoms with Gasteiger partial charge in [-0.1, -0.05) is 6.92 Å². The van der Waals surface area contributed by atoms with Gasteiger partial charge in [0.25, 0.3) is 0 Å². The third kappa shape index (κ3) is 5.50. The van der Waals surface area contributed by atoms with E-state index >= 15 is 0 Å². The molecule has 2 heterocycles. The minimum atomic E-state index is 0.0255.